The van der Waals surface area contributed by atoms with Crippen LogP contribution in [0.3, 0.4) is 0 Å². The maximum atomic E-state index is 13.5. The SMILES string of the molecule is Cc1noc(-c2ccc(-c3ccccc3)cc2)c1Nc1cccc(-c2ccccc2C(F)(F)F)c1. The predicted octanol–water partition coefficient (Wildman–Crippen LogP) is 8.75. The summed E-state index contributed by atoms with van der Waals surface area (Å²) in [5.41, 5.74) is 4.90. The number of aromatic nitrogens is 1. The Labute approximate surface area is 200 Å². The number of nitrogens with one attached hydrogen (secondary N) is 1. The zero-order valence-electron chi connectivity index (χ0n) is 18.8. The van der Waals surface area contributed by atoms with Crippen LogP contribution in [0, 0.1) is 6.92 Å². The maximum absolute atomic E-state index is 13.5. The Hall–Kier alpha value is -4.32. The smallest absolute Gasteiger partial charge is 0.354 e. The van der Waals surface area contributed by atoms with E-state index in [0.717, 1.165) is 22.8 Å². The molecular formula is C29H21F3N2O. The summed E-state index contributed by atoms with van der Waals surface area (Å²) >= 11 is 0. The van der Waals surface area contributed by atoms with Gasteiger partial charge in [0.2, 0.25) is 0 Å². The van der Waals surface area contributed by atoms with E-state index in [4.69, 9.17) is 4.52 Å². The van der Waals surface area contributed by atoms with Crippen LogP contribution in [0.2, 0.25) is 0 Å². The normalized spacial score (nSPS) is 11.4. The van der Waals surface area contributed by atoms with Gasteiger partial charge >= 0.3 is 6.18 Å². The van der Waals surface area contributed by atoms with E-state index >= 15 is 0 Å². The molecule has 0 saturated carbocycles. The number of aryl methyl sites for hydroxylation is 1. The third kappa shape index (κ3) is 4.68. The monoisotopic (exact) mass is 470 g/mol. The minimum atomic E-state index is -4.44. The van der Waals surface area contributed by atoms with Crippen molar-refractivity contribution in [1.82, 2.24) is 5.16 Å². The topological polar surface area (TPSA) is 38.1 Å². The lowest BCUT2D eigenvalue weighted by Crippen LogP contribution is -2.06. The number of hydrogen-bond donors (Lipinski definition) is 1. The molecule has 6 heteroatoms. The summed E-state index contributed by atoms with van der Waals surface area (Å²) in [5.74, 6) is 0.559. The van der Waals surface area contributed by atoms with Crippen LogP contribution < -0.4 is 5.32 Å². The van der Waals surface area contributed by atoms with Crippen molar-refractivity contribution in [1.29, 1.82) is 0 Å². The van der Waals surface area contributed by atoms with Crippen molar-refractivity contribution in [3.63, 3.8) is 0 Å². The molecule has 1 aromatic heterocycles. The first kappa shape index (κ1) is 22.5. The first-order valence-electron chi connectivity index (χ1n) is 11.1. The summed E-state index contributed by atoms with van der Waals surface area (Å²) in [4.78, 5) is 0. The highest BCUT2D eigenvalue weighted by Gasteiger charge is 2.33. The largest absolute Gasteiger partial charge is 0.417 e. The number of halogens is 3. The van der Waals surface area contributed by atoms with E-state index in [1.54, 1.807) is 30.3 Å². The summed E-state index contributed by atoms with van der Waals surface area (Å²) in [7, 11) is 0. The number of alkyl halides is 3. The van der Waals surface area contributed by atoms with Gasteiger partial charge in [-0.1, -0.05) is 90.1 Å². The number of benzene rings is 4. The molecule has 0 bridgehead atoms. The Balaban J connectivity index is 1.46. The molecule has 174 valence electrons. The van der Waals surface area contributed by atoms with E-state index in [1.807, 2.05) is 61.5 Å². The molecule has 5 aromatic rings. The fourth-order valence-electron chi connectivity index (χ4n) is 4.05. The Morgan fingerprint density at radius 2 is 1.31 bits per heavy atom. The van der Waals surface area contributed by atoms with E-state index in [-0.39, 0.29) is 5.56 Å². The van der Waals surface area contributed by atoms with Gasteiger partial charge in [0.15, 0.2) is 5.76 Å². The molecule has 0 aliphatic rings. The van der Waals surface area contributed by atoms with Gasteiger partial charge in [0, 0.05) is 11.3 Å². The molecule has 0 aliphatic heterocycles. The van der Waals surface area contributed by atoms with Crippen LogP contribution in [-0.2, 0) is 6.18 Å². The summed E-state index contributed by atoms with van der Waals surface area (Å²) in [5, 5.41) is 7.41. The Kier molecular flexibility index (Phi) is 5.87. The van der Waals surface area contributed by atoms with Gasteiger partial charge in [-0.2, -0.15) is 13.2 Å². The standard InChI is InChI=1S/C29H21F3N2O/c1-19-27(28(35-34-19)22-16-14-21(15-17-22)20-8-3-2-4-9-20)33-24-11-7-10-23(18-24)25-12-5-6-13-26(25)29(30,31)32/h2-18,33H,1H3. The lowest BCUT2D eigenvalue weighted by molar-refractivity contribution is -0.137. The van der Waals surface area contributed by atoms with Crippen LogP contribution in [-0.4, -0.2) is 5.16 Å². The summed E-state index contributed by atoms with van der Waals surface area (Å²) < 4.78 is 46.2. The molecule has 0 radical (unpaired) electrons. The Morgan fingerprint density at radius 1 is 0.686 bits per heavy atom. The second-order valence-corrected chi connectivity index (χ2v) is 8.16. The first-order chi connectivity index (χ1) is 16.9. The molecule has 0 unspecified atom stereocenters. The summed E-state index contributed by atoms with van der Waals surface area (Å²) in [6, 6.07) is 30.5. The van der Waals surface area contributed by atoms with Crippen molar-refractivity contribution in [2.24, 2.45) is 0 Å². The van der Waals surface area contributed by atoms with Crippen LogP contribution in [0.4, 0.5) is 24.5 Å². The van der Waals surface area contributed by atoms with Crippen LogP contribution in [0.1, 0.15) is 11.3 Å². The molecule has 0 saturated heterocycles. The molecule has 0 fully saturated rings. The molecule has 4 aromatic carbocycles. The van der Waals surface area contributed by atoms with Gasteiger partial charge in [-0.3, -0.25) is 0 Å². The molecular weight excluding hydrogens is 449 g/mol. The van der Waals surface area contributed by atoms with Crippen molar-refractivity contribution >= 4 is 11.4 Å². The highest BCUT2D eigenvalue weighted by molar-refractivity contribution is 5.81. The average Bonchev–Trinajstić information content (AvgIpc) is 3.24. The van der Waals surface area contributed by atoms with Gasteiger partial charge in [0.25, 0.3) is 0 Å². The van der Waals surface area contributed by atoms with E-state index < -0.39 is 11.7 Å². The molecule has 35 heavy (non-hydrogen) atoms. The zero-order chi connectivity index (χ0) is 24.4. The van der Waals surface area contributed by atoms with Crippen molar-refractivity contribution in [3.05, 3.63) is 114 Å². The van der Waals surface area contributed by atoms with E-state index in [9.17, 15) is 13.2 Å². The minimum absolute atomic E-state index is 0.127. The minimum Gasteiger partial charge on any atom is -0.354 e. The molecule has 0 aliphatic carbocycles. The van der Waals surface area contributed by atoms with Crippen molar-refractivity contribution < 1.29 is 17.7 Å². The highest BCUT2D eigenvalue weighted by atomic mass is 19.4. The highest BCUT2D eigenvalue weighted by Crippen LogP contribution is 2.39. The second-order valence-electron chi connectivity index (χ2n) is 8.16. The van der Waals surface area contributed by atoms with Crippen molar-refractivity contribution in [2.75, 3.05) is 5.32 Å². The fraction of sp³-hybridized carbons (Fsp3) is 0.0690. The number of nitrogens with zero attached hydrogens (tertiary/aromatic N) is 1. The molecule has 0 amide bonds. The fourth-order valence-corrected chi connectivity index (χ4v) is 4.05. The number of hydrogen-bond acceptors (Lipinski definition) is 3. The molecule has 5 rings (SSSR count). The molecule has 0 atom stereocenters. The molecule has 3 nitrogen and oxygen atoms in total. The van der Waals surface area contributed by atoms with Crippen molar-refractivity contribution in [3.8, 4) is 33.6 Å². The van der Waals surface area contributed by atoms with Gasteiger partial charge in [-0.25, -0.2) is 0 Å². The van der Waals surface area contributed by atoms with Crippen LogP contribution in [0.5, 0.6) is 0 Å². The Bertz CT molecular complexity index is 1460. The van der Waals surface area contributed by atoms with Crippen LogP contribution in [0.15, 0.2) is 108 Å². The van der Waals surface area contributed by atoms with Gasteiger partial charge in [0.1, 0.15) is 11.4 Å². The average molecular weight is 470 g/mol. The van der Waals surface area contributed by atoms with Gasteiger partial charge < -0.3 is 9.84 Å². The van der Waals surface area contributed by atoms with Crippen LogP contribution in [0.25, 0.3) is 33.6 Å². The summed E-state index contributed by atoms with van der Waals surface area (Å²) in [6.45, 7) is 1.82. The lowest BCUT2D eigenvalue weighted by atomic mass is 9.99. The number of rotatable bonds is 5. The third-order valence-electron chi connectivity index (χ3n) is 5.79. The molecule has 1 heterocycles. The first-order valence-corrected chi connectivity index (χ1v) is 11.1. The third-order valence-corrected chi connectivity index (χ3v) is 5.79. The Morgan fingerprint density at radius 3 is 2.06 bits per heavy atom. The number of anilines is 2. The predicted molar refractivity (Wildman–Crippen MR) is 132 cm³/mol. The van der Waals surface area contributed by atoms with Crippen LogP contribution >= 0.6 is 0 Å². The van der Waals surface area contributed by atoms with Gasteiger partial charge in [-0.15, -0.1) is 0 Å². The summed E-state index contributed by atoms with van der Waals surface area (Å²) in [6.07, 6.45) is -4.44. The second kappa shape index (κ2) is 9.14. The van der Waals surface area contributed by atoms with E-state index in [1.165, 1.54) is 12.1 Å². The molecule has 0 spiro atoms. The maximum Gasteiger partial charge on any atom is 0.417 e. The quantitative estimate of drug-likeness (QED) is 0.279. The zero-order valence-corrected chi connectivity index (χ0v) is 18.8. The lowest BCUT2D eigenvalue weighted by Gasteiger charge is -2.14. The molecule has 1 N–H and O–H groups in total. The van der Waals surface area contributed by atoms with E-state index in [2.05, 4.69) is 10.5 Å². The van der Waals surface area contributed by atoms with Crippen molar-refractivity contribution in [2.45, 2.75) is 13.1 Å². The van der Waals surface area contributed by atoms with Gasteiger partial charge in [-0.05, 0) is 47.4 Å². The van der Waals surface area contributed by atoms with E-state index in [0.29, 0.717) is 28.4 Å². The van der Waals surface area contributed by atoms with Gasteiger partial charge in [0.05, 0.1) is 5.56 Å².